The minimum absolute atomic E-state index is 0.230. The lowest BCUT2D eigenvalue weighted by molar-refractivity contribution is -0.153. The van der Waals surface area contributed by atoms with Crippen LogP contribution in [0.25, 0.3) is 0 Å². The predicted molar refractivity (Wildman–Crippen MR) is 94.5 cm³/mol. The SMILES string of the molecule is C[C@]12CC[C@@H]3c4ccc(O)cc4CC[C@H]3[C@@H]1C[C@H](C(=O)OCCF)[C@@H]2O. The van der Waals surface area contributed by atoms with Gasteiger partial charge in [0, 0.05) is 0 Å². The fraction of sp³-hybridized carbons (Fsp3) is 0.667. The van der Waals surface area contributed by atoms with Crippen LogP contribution in [0.2, 0.25) is 0 Å². The molecule has 1 aromatic carbocycles. The van der Waals surface area contributed by atoms with Crippen LogP contribution in [0.4, 0.5) is 4.39 Å². The average molecular weight is 362 g/mol. The van der Waals surface area contributed by atoms with E-state index in [1.54, 1.807) is 6.07 Å². The molecule has 2 fully saturated rings. The number of ether oxygens (including phenoxy) is 1. The number of phenolic OH excluding ortho intramolecular Hbond substituents is 1. The van der Waals surface area contributed by atoms with Crippen molar-refractivity contribution >= 4 is 5.97 Å². The zero-order valence-corrected chi connectivity index (χ0v) is 15.2. The third-order valence-electron chi connectivity index (χ3n) is 7.34. The number of aromatic hydroxyl groups is 1. The lowest BCUT2D eigenvalue weighted by Gasteiger charge is -2.50. The monoisotopic (exact) mass is 362 g/mol. The molecule has 0 aromatic heterocycles. The average Bonchev–Trinajstić information content (AvgIpc) is 2.91. The number of fused-ring (bicyclic) bond motifs is 5. The van der Waals surface area contributed by atoms with Crippen LogP contribution in [0.1, 0.15) is 49.7 Å². The Hall–Kier alpha value is -1.62. The van der Waals surface area contributed by atoms with Gasteiger partial charge in [-0.25, -0.2) is 4.39 Å². The van der Waals surface area contributed by atoms with Crippen molar-refractivity contribution in [2.45, 2.75) is 51.0 Å². The zero-order valence-electron chi connectivity index (χ0n) is 15.2. The summed E-state index contributed by atoms with van der Waals surface area (Å²) in [5, 5.41) is 20.7. The second-order valence-electron chi connectivity index (χ2n) is 8.49. The van der Waals surface area contributed by atoms with E-state index in [-0.39, 0.29) is 17.9 Å². The summed E-state index contributed by atoms with van der Waals surface area (Å²) in [7, 11) is 0. The van der Waals surface area contributed by atoms with Crippen molar-refractivity contribution in [3.05, 3.63) is 29.3 Å². The van der Waals surface area contributed by atoms with Crippen LogP contribution >= 0.6 is 0 Å². The lowest BCUT2D eigenvalue weighted by atomic mass is 9.55. The van der Waals surface area contributed by atoms with Gasteiger partial charge in [0.05, 0.1) is 12.0 Å². The smallest absolute Gasteiger partial charge is 0.311 e. The Balaban J connectivity index is 1.60. The van der Waals surface area contributed by atoms with Gasteiger partial charge in [0.15, 0.2) is 0 Å². The molecular formula is C21H27FO4. The van der Waals surface area contributed by atoms with Crippen molar-refractivity contribution in [1.29, 1.82) is 0 Å². The second-order valence-corrected chi connectivity index (χ2v) is 8.49. The first-order valence-electron chi connectivity index (χ1n) is 9.68. The van der Waals surface area contributed by atoms with E-state index in [1.807, 2.05) is 12.1 Å². The Bertz CT molecular complexity index is 705. The van der Waals surface area contributed by atoms with Crippen LogP contribution in [-0.4, -0.2) is 35.6 Å². The van der Waals surface area contributed by atoms with E-state index in [1.165, 1.54) is 11.1 Å². The number of aliphatic hydroxyl groups excluding tert-OH is 1. The maximum absolute atomic E-state index is 12.3. The number of aryl methyl sites for hydroxylation is 1. The standard InChI is InChI=1S/C21H27FO4/c1-21-7-6-15-14-5-3-13(23)10-12(14)2-4-16(15)18(21)11-17(19(21)24)20(25)26-9-8-22/h3,5,10,15-19,23-24H,2,4,6-9,11H2,1H3/t15-,16-,17+,18+,19+,21+/m1/s1. The van der Waals surface area contributed by atoms with Gasteiger partial charge in [0.2, 0.25) is 0 Å². The molecule has 142 valence electrons. The molecule has 6 atom stereocenters. The summed E-state index contributed by atoms with van der Waals surface area (Å²) >= 11 is 0. The van der Waals surface area contributed by atoms with E-state index in [9.17, 15) is 19.4 Å². The fourth-order valence-corrected chi connectivity index (χ4v) is 6.06. The highest BCUT2D eigenvalue weighted by Crippen LogP contribution is 2.62. The molecule has 0 heterocycles. The quantitative estimate of drug-likeness (QED) is 0.810. The normalized spacial score (nSPS) is 38.2. The van der Waals surface area contributed by atoms with E-state index in [2.05, 4.69) is 6.92 Å². The first-order chi connectivity index (χ1) is 12.5. The maximum atomic E-state index is 12.3. The van der Waals surface area contributed by atoms with Crippen molar-refractivity contribution < 1.29 is 24.1 Å². The molecule has 3 aliphatic rings. The Morgan fingerprint density at radius 1 is 1.38 bits per heavy atom. The van der Waals surface area contributed by atoms with Gasteiger partial charge in [-0.2, -0.15) is 0 Å². The van der Waals surface area contributed by atoms with Gasteiger partial charge in [-0.05, 0) is 78.5 Å². The summed E-state index contributed by atoms with van der Waals surface area (Å²) in [4.78, 5) is 12.3. The summed E-state index contributed by atoms with van der Waals surface area (Å²) in [6.07, 6.45) is 3.69. The van der Waals surface area contributed by atoms with Crippen LogP contribution in [0.3, 0.4) is 0 Å². The van der Waals surface area contributed by atoms with Crippen molar-refractivity contribution in [1.82, 2.24) is 0 Å². The van der Waals surface area contributed by atoms with Crippen LogP contribution in [-0.2, 0) is 16.0 Å². The van der Waals surface area contributed by atoms with Crippen molar-refractivity contribution in [2.24, 2.45) is 23.2 Å². The van der Waals surface area contributed by atoms with Gasteiger partial charge < -0.3 is 14.9 Å². The molecular weight excluding hydrogens is 335 g/mol. The van der Waals surface area contributed by atoms with Gasteiger partial charge in [-0.3, -0.25) is 4.79 Å². The lowest BCUT2D eigenvalue weighted by Crippen LogP contribution is -2.44. The molecule has 26 heavy (non-hydrogen) atoms. The van der Waals surface area contributed by atoms with E-state index in [0.717, 1.165) is 25.7 Å². The van der Waals surface area contributed by atoms with Crippen molar-refractivity contribution in [2.75, 3.05) is 13.3 Å². The topological polar surface area (TPSA) is 66.8 Å². The third-order valence-corrected chi connectivity index (χ3v) is 7.34. The van der Waals surface area contributed by atoms with Gasteiger partial charge in [0.25, 0.3) is 0 Å². The molecule has 0 bridgehead atoms. The Kier molecular flexibility index (Phi) is 4.46. The highest BCUT2D eigenvalue weighted by atomic mass is 19.1. The fourth-order valence-electron chi connectivity index (χ4n) is 6.06. The summed E-state index contributed by atoms with van der Waals surface area (Å²) in [6.45, 7) is 1.18. The Morgan fingerprint density at radius 3 is 2.96 bits per heavy atom. The molecule has 4 rings (SSSR count). The van der Waals surface area contributed by atoms with Crippen LogP contribution < -0.4 is 0 Å². The number of rotatable bonds is 3. The number of carbonyl (C=O) groups excluding carboxylic acids is 1. The van der Waals surface area contributed by atoms with Crippen LogP contribution in [0.5, 0.6) is 5.75 Å². The number of phenols is 1. The van der Waals surface area contributed by atoms with Crippen LogP contribution in [0.15, 0.2) is 18.2 Å². The first-order valence-corrected chi connectivity index (χ1v) is 9.68. The maximum Gasteiger partial charge on any atom is 0.311 e. The molecule has 1 aromatic rings. The number of hydrogen-bond donors (Lipinski definition) is 2. The van der Waals surface area contributed by atoms with Gasteiger partial charge in [-0.1, -0.05) is 13.0 Å². The Labute approximate surface area is 153 Å². The molecule has 0 spiro atoms. The second kappa shape index (κ2) is 6.52. The summed E-state index contributed by atoms with van der Waals surface area (Å²) in [5.74, 6) is 0.431. The molecule has 3 aliphatic carbocycles. The van der Waals surface area contributed by atoms with Crippen molar-refractivity contribution in [3.63, 3.8) is 0 Å². The van der Waals surface area contributed by atoms with Gasteiger partial charge in [-0.15, -0.1) is 0 Å². The summed E-state index contributed by atoms with van der Waals surface area (Å²) in [5.41, 5.74) is 2.26. The highest BCUT2D eigenvalue weighted by Gasteiger charge is 2.59. The molecule has 2 saturated carbocycles. The van der Waals surface area contributed by atoms with E-state index < -0.39 is 24.7 Å². The Morgan fingerprint density at radius 2 is 2.19 bits per heavy atom. The molecule has 4 nitrogen and oxygen atoms in total. The number of benzene rings is 1. The number of hydrogen-bond acceptors (Lipinski definition) is 4. The molecule has 2 N–H and O–H groups in total. The van der Waals surface area contributed by atoms with Gasteiger partial charge >= 0.3 is 5.97 Å². The van der Waals surface area contributed by atoms with Crippen molar-refractivity contribution in [3.8, 4) is 5.75 Å². The minimum Gasteiger partial charge on any atom is -0.508 e. The van der Waals surface area contributed by atoms with E-state index >= 15 is 0 Å². The molecule has 0 saturated heterocycles. The largest absolute Gasteiger partial charge is 0.508 e. The molecule has 5 heteroatoms. The zero-order chi connectivity index (χ0) is 18.5. The number of halogens is 1. The summed E-state index contributed by atoms with van der Waals surface area (Å²) in [6, 6.07) is 5.68. The number of aliphatic hydroxyl groups is 1. The van der Waals surface area contributed by atoms with E-state index in [4.69, 9.17) is 4.74 Å². The highest BCUT2D eigenvalue weighted by molar-refractivity contribution is 5.74. The third kappa shape index (κ3) is 2.63. The van der Waals surface area contributed by atoms with Crippen LogP contribution in [0, 0.1) is 23.2 Å². The van der Waals surface area contributed by atoms with Gasteiger partial charge in [0.1, 0.15) is 19.0 Å². The van der Waals surface area contributed by atoms with E-state index in [0.29, 0.717) is 24.0 Å². The minimum atomic E-state index is -0.721. The number of carbonyl (C=O) groups is 1. The molecule has 0 amide bonds. The summed E-state index contributed by atoms with van der Waals surface area (Å²) < 4.78 is 17.3. The number of alkyl halides is 1. The molecule has 0 unspecified atom stereocenters. The first kappa shape index (κ1) is 17.8. The number of esters is 1. The predicted octanol–water partition coefficient (Wildman–Crippen LogP) is 3.35. The molecule has 0 aliphatic heterocycles. The molecule has 0 radical (unpaired) electrons.